The highest BCUT2D eigenvalue weighted by molar-refractivity contribution is 5.53. The van der Waals surface area contributed by atoms with Crippen molar-refractivity contribution in [3.8, 4) is 5.69 Å². The number of aromatic nitrogens is 2. The minimum absolute atomic E-state index is 0.107. The second kappa shape index (κ2) is 4.50. The lowest BCUT2D eigenvalue weighted by Crippen LogP contribution is -2.05. The fourth-order valence-electron chi connectivity index (χ4n) is 2.28. The third-order valence-electron chi connectivity index (χ3n) is 3.45. The molecule has 5 nitrogen and oxygen atoms in total. The van der Waals surface area contributed by atoms with E-state index in [0.717, 1.165) is 30.7 Å². The quantitative estimate of drug-likeness (QED) is 0.624. The van der Waals surface area contributed by atoms with Crippen LogP contribution in [0.4, 0.5) is 5.69 Å². The average Bonchev–Trinajstić information content (AvgIpc) is 3.18. The van der Waals surface area contributed by atoms with Crippen molar-refractivity contribution in [2.45, 2.75) is 32.1 Å². The molecule has 0 unspecified atom stereocenters. The van der Waals surface area contributed by atoms with Crippen LogP contribution in [0.3, 0.4) is 0 Å². The number of aryl methyl sites for hydroxylation is 1. The minimum Gasteiger partial charge on any atom is -0.258 e. The first-order valence-corrected chi connectivity index (χ1v) is 6.53. The number of rotatable bonds is 4. The molecular weight excluding hydrogens is 242 g/mol. The van der Waals surface area contributed by atoms with Gasteiger partial charge in [0.2, 0.25) is 0 Å². The van der Waals surface area contributed by atoms with Crippen molar-refractivity contribution >= 4 is 5.69 Å². The Morgan fingerprint density at radius 1 is 1.42 bits per heavy atom. The Morgan fingerprint density at radius 2 is 2.16 bits per heavy atom. The maximum Gasteiger partial charge on any atom is 0.294 e. The van der Waals surface area contributed by atoms with E-state index in [1.807, 2.05) is 13.0 Å². The highest BCUT2D eigenvalue weighted by Gasteiger charge is 2.30. The molecule has 5 heteroatoms. The van der Waals surface area contributed by atoms with Crippen LogP contribution < -0.4 is 0 Å². The topological polar surface area (TPSA) is 61.0 Å². The van der Waals surface area contributed by atoms with Crippen LogP contribution in [0.1, 0.15) is 37.1 Å². The zero-order valence-corrected chi connectivity index (χ0v) is 10.7. The molecule has 1 aromatic heterocycles. The molecule has 2 aromatic rings. The zero-order chi connectivity index (χ0) is 13.4. The zero-order valence-electron chi connectivity index (χ0n) is 10.7. The molecule has 1 aliphatic carbocycles. The van der Waals surface area contributed by atoms with Crippen molar-refractivity contribution < 1.29 is 4.92 Å². The Hall–Kier alpha value is -2.17. The summed E-state index contributed by atoms with van der Waals surface area (Å²) in [7, 11) is 0. The molecule has 0 aliphatic heterocycles. The Bertz CT molecular complexity index is 629. The van der Waals surface area contributed by atoms with Crippen LogP contribution in [-0.2, 0) is 6.42 Å². The summed E-state index contributed by atoms with van der Waals surface area (Å²) < 4.78 is 1.76. The van der Waals surface area contributed by atoms with Crippen molar-refractivity contribution in [2.75, 3.05) is 0 Å². The second-order valence-corrected chi connectivity index (χ2v) is 4.85. The molecule has 0 N–H and O–H groups in total. The summed E-state index contributed by atoms with van der Waals surface area (Å²) in [6, 6.07) is 8.86. The average molecular weight is 257 g/mol. The van der Waals surface area contributed by atoms with Crippen LogP contribution in [-0.4, -0.2) is 14.7 Å². The summed E-state index contributed by atoms with van der Waals surface area (Å²) in [5, 5.41) is 15.6. The van der Waals surface area contributed by atoms with Gasteiger partial charge >= 0.3 is 0 Å². The van der Waals surface area contributed by atoms with E-state index in [2.05, 4.69) is 11.2 Å². The molecule has 0 atom stereocenters. The monoisotopic (exact) mass is 257 g/mol. The van der Waals surface area contributed by atoms with E-state index in [0.29, 0.717) is 11.6 Å². The third-order valence-corrected chi connectivity index (χ3v) is 3.45. The molecule has 0 spiro atoms. The molecule has 98 valence electrons. The lowest BCUT2D eigenvalue weighted by Gasteiger charge is -2.06. The summed E-state index contributed by atoms with van der Waals surface area (Å²) >= 11 is 0. The summed E-state index contributed by atoms with van der Waals surface area (Å²) in [5.41, 5.74) is 2.76. The van der Waals surface area contributed by atoms with Crippen LogP contribution in [0.25, 0.3) is 5.69 Å². The number of para-hydroxylation sites is 2. The molecular formula is C14H15N3O2. The third kappa shape index (κ3) is 2.12. The predicted molar refractivity (Wildman–Crippen MR) is 71.6 cm³/mol. The van der Waals surface area contributed by atoms with E-state index in [4.69, 9.17) is 0 Å². The van der Waals surface area contributed by atoms with Crippen LogP contribution in [0.15, 0.2) is 30.3 Å². The van der Waals surface area contributed by atoms with Gasteiger partial charge in [-0.2, -0.15) is 5.10 Å². The van der Waals surface area contributed by atoms with Gasteiger partial charge in [0.15, 0.2) is 0 Å². The van der Waals surface area contributed by atoms with Crippen molar-refractivity contribution in [3.63, 3.8) is 0 Å². The Labute approximate surface area is 111 Å². The SMILES string of the molecule is CCc1cc(C2CC2)n(-c2ccccc2[N+](=O)[O-])n1. The smallest absolute Gasteiger partial charge is 0.258 e. The predicted octanol–water partition coefficient (Wildman–Crippen LogP) is 3.22. The van der Waals surface area contributed by atoms with E-state index in [9.17, 15) is 10.1 Å². The van der Waals surface area contributed by atoms with Gasteiger partial charge in [0, 0.05) is 17.7 Å². The molecule has 0 radical (unpaired) electrons. The molecule has 1 fully saturated rings. The first-order chi connectivity index (χ1) is 9.20. The molecule has 1 aliphatic rings. The molecule has 0 amide bonds. The number of benzene rings is 1. The lowest BCUT2D eigenvalue weighted by molar-refractivity contribution is -0.384. The van der Waals surface area contributed by atoms with Gasteiger partial charge in [0.05, 0.1) is 10.6 Å². The van der Waals surface area contributed by atoms with Crippen molar-refractivity contribution in [1.29, 1.82) is 0 Å². The standard InChI is InChI=1S/C14H15N3O2/c1-2-11-9-14(10-7-8-10)16(15-11)12-5-3-4-6-13(12)17(18)19/h3-6,9-10H,2,7-8H2,1H3. The van der Waals surface area contributed by atoms with Crippen LogP contribution in [0.5, 0.6) is 0 Å². The van der Waals surface area contributed by atoms with Crippen LogP contribution in [0, 0.1) is 10.1 Å². The van der Waals surface area contributed by atoms with Crippen LogP contribution >= 0.6 is 0 Å². The van der Waals surface area contributed by atoms with Crippen molar-refractivity contribution in [1.82, 2.24) is 9.78 Å². The van der Waals surface area contributed by atoms with Crippen molar-refractivity contribution in [3.05, 3.63) is 51.8 Å². The summed E-state index contributed by atoms with van der Waals surface area (Å²) in [6.07, 6.45) is 3.14. The maximum absolute atomic E-state index is 11.1. The van der Waals surface area contributed by atoms with E-state index in [1.165, 1.54) is 6.07 Å². The largest absolute Gasteiger partial charge is 0.294 e. The first kappa shape index (κ1) is 11.9. The Kier molecular flexibility index (Phi) is 2.81. The Morgan fingerprint density at radius 3 is 2.79 bits per heavy atom. The lowest BCUT2D eigenvalue weighted by atomic mass is 10.2. The molecule has 3 rings (SSSR count). The first-order valence-electron chi connectivity index (χ1n) is 6.53. The highest BCUT2D eigenvalue weighted by atomic mass is 16.6. The number of hydrogen-bond donors (Lipinski definition) is 0. The number of nitro benzene ring substituents is 1. The Balaban J connectivity index is 2.16. The van der Waals surface area contributed by atoms with E-state index >= 15 is 0 Å². The molecule has 0 saturated heterocycles. The molecule has 19 heavy (non-hydrogen) atoms. The van der Waals surface area contributed by atoms with Gasteiger partial charge in [-0.15, -0.1) is 0 Å². The second-order valence-electron chi connectivity index (χ2n) is 4.85. The van der Waals surface area contributed by atoms with Gasteiger partial charge in [0.1, 0.15) is 5.69 Å². The van der Waals surface area contributed by atoms with Gasteiger partial charge in [-0.05, 0) is 31.4 Å². The van der Waals surface area contributed by atoms with Gasteiger partial charge in [-0.25, -0.2) is 4.68 Å². The van der Waals surface area contributed by atoms with Crippen LogP contribution in [0.2, 0.25) is 0 Å². The highest BCUT2D eigenvalue weighted by Crippen LogP contribution is 2.41. The molecule has 1 saturated carbocycles. The number of nitro groups is 1. The normalized spacial score (nSPS) is 14.6. The molecule has 0 bridgehead atoms. The minimum atomic E-state index is -0.348. The van der Waals surface area contributed by atoms with E-state index in [-0.39, 0.29) is 10.6 Å². The molecule has 1 aromatic carbocycles. The fraction of sp³-hybridized carbons (Fsp3) is 0.357. The summed E-state index contributed by atoms with van der Waals surface area (Å²) in [4.78, 5) is 10.8. The van der Waals surface area contributed by atoms with Gasteiger partial charge in [-0.3, -0.25) is 10.1 Å². The van der Waals surface area contributed by atoms with E-state index < -0.39 is 0 Å². The van der Waals surface area contributed by atoms with Crippen molar-refractivity contribution in [2.24, 2.45) is 0 Å². The molecule has 1 heterocycles. The van der Waals surface area contributed by atoms with Gasteiger partial charge in [0.25, 0.3) is 5.69 Å². The van der Waals surface area contributed by atoms with E-state index in [1.54, 1.807) is 16.8 Å². The van der Waals surface area contributed by atoms with Gasteiger partial charge < -0.3 is 0 Å². The fourth-order valence-corrected chi connectivity index (χ4v) is 2.28. The van der Waals surface area contributed by atoms with Gasteiger partial charge in [-0.1, -0.05) is 19.1 Å². The number of nitrogens with zero attached hydrogens (tertiary/aromatic N) is 3. The maximum atomic E-state index is 11.1. The summed E-state index contributed by atoms with van der Waals surface area (Å²) in [5.74, 6) is 0.507. The summed E-state index contributed by atoms with van der Waals surface area (Å²) in [6.45, 7) is 2.04. The number of hydrogen-bond acceptors (Lipinski definition) is 3.